The molecule has 0 bridgehead atoms. The Morgan fingerprint density at radius 3 is 2.45 bits per heavy atom. The van der Waals surface area contributed by atoms with Crippen molar-refractivity contribution >= 4 is 29.1 Å². The fourth-order valence-corrected chi connectivity index (χ4v) is 3.83. The minimum atomic E-state index is -0.840. The minimum Gasteiger partial charge on any atom is -0.454 e. The zero-order valence-corrected chi connectivity index (χ0v) is 17.1. The number of hydrogen-bond acceptors (Lipinski definition) is 5. The van der Waals surface area contributed by atoms with E-state index in [1.165, 1.54) is 11.3 Å². The number of ether oxygens (including phenoxy) is 2. The summed E-state index contributed by atoms with van der Waals surface area (Å²) >= 11 is 0. The van der Waals surface area contributed by atoms with E-state index in [4.69, 9.17) is 9.47 Å². The van der Waals surface area contributed by atoms with Gasteiger partial charge in [0.1, 0.15) is 6.54 Å². The molecule has 2 aliphatic rings. The monoisotopic (exact) mass is 423 g/mol. The summed E-state index contributed by atoms with van der Waals surface area (Å²) in [6.07, 6.45) is 5.24. The number of fused-ring (bicyclic) bond motifs is 1. The summed E-state index contributed by atoms with van der Waals surface area (Å²) < 4.78 is 10.6. The summed E-state index contributed by atoms with van der Waals surface area (Å²) in [5.74, 6) is -0.859. The van der Waals surface area contributed by atoms with Crippen molar-refractivity contribution in [3.8, 4) is 11.5 Å². The van der Waals surface area contributed by atoms with E-state index in [0.717, 1.165) is 25.7 Å². The maximum absolute atomic E-state index is 13.0. The Morgan fingerprint density at radius 2 is 1.68 bits per heavy atom. The highest BCUT2D eigenvalue weighted by Gasteiger charge is 2.27. The van der Waals surface area contributed by atoms with Crippen LogP contribution in [-0.4, -0.2) is 37.1 Å². The molecule has 1 aliphatic heterocycles. The summed E-state index contributed by atoms with van der Waals surface area (Å²) in [5, 5.41) is 5.57. The van der Waals surface area contributed by atoms with E-state index in [1.807, 2.05) is 0 Å². The Morgan fingerprint density at radius 1 is 0.935 bits per heavy atom. The number of hydrogen-bond donors (Lipinski definition) is 2. The fraction of sp³-hybridized carbons (Fsp3) is 0.348. The highest BCUT2D eigenvalue weighted by Crippen LogP contribution is 2.34. The van der Waals surface area contributed by atoms with Crippen molar-refractivity contribution < 1.29 is 23.9 Å². The van der Waals surface area contributed by atoms with Crippen LogP contribution in [0.1, 0.15) is 32.1 Å². The van der Waals surface area contributed by atoms with Gasteiger partial charge in [-0.2, -0.15) is 0 Å². The molecule has 1 saturated carbocycles. The van der Waals surface area contributed by atoms with Crippen LogP contribution in [0.4, 0.5) is 11.4 Å². The Bertz CT molecular complexity index is 957. The van der Waals surface area contributed by atoms with Crippen molar-refractivity contribution in [2.45, 2.75) is 38.1 Å². The molecule has 1 fully saturated rings. The summed E-state index contributed by atoms with van der Waals surface area (Å²) in [6.45, 7) is -0.114. The highest BCUT2D eigenvalue weighted by atomic mass is 16.7. The number of amides is 3. The molecule has 1 heterocycles. The number of anilines is 2. The number of para-hydroxylation sites is 1. The van der Waals surface area contributed by atoms with Gasteiger partial charge < -0.3 is 20.1 Å². The van der Waals surface area contributed by atoms with E-state index in [1.54, 1.807) is 48.5 Å². The summed E-state index contributed by atoms with van der Waals surface area (Å²) in [4.78, 5) is 39.5. The van der Waals surface area contributed by atoms with Crippen LogP contribution in [0.15, 0.2) is 48.5 Å². The molecule has 0 atom stereocenters. The third kappa shape index (κ3) is 5.14. The molecule has 0 unspecified atom stereocenters. The normalized spacial score (nSPS) is 15.2. The molecule has 4 rings (SSSR count). The van der Waals surface area contributed by atoms with Gasteiger partial charge in [0.2, 0.25) is 12.7 Å². The van der Waals surface area contributed by atoms with E-state index in [-0.39, 0.29) is 25.3 Å². The first-order valence-electron chi connectivity index (χ1n) is 10.5. The maximum Gasteiger partial charge on any atom is 0.317 e. The number of carbonyl (C=O) groups excluding carboxylic acids is 3. The molecular formula is C23H25N3O5. The molecule has 2 N–H and O–H groups in total. The summed E-state index contributed by atoms with van der Waals surface area (Å²) in [6, 6.07) is 13.7. The molecule has 0 radical (unpaired) electrons. The van der Waals surface area contributed by atoms with Crippen LogP contribution in [0.2, 0.25) is 0 Å². The van der Waals surface area contributed by atoms with Gasteiger partial charge in [0.05, 0.1) is 0 Å². The van der Waals surface area contributed by atoms with Crippen molar-refractivity contribution in [2.75, 3.05) is 23.6 Å². The molecule has 0 aromatic heterocycles. The minimum absolute atomic E-state index is 0.115. The first kappa shape index (κ1) is 20.7. The first-order valence-corrected chi connectivity index (χ1v) is 10.5. The van der Waals surface area contributed by atoms with E-state index in [0.29, 0.717) is 22.9 Å². The van der Waals surface area contributed by atoms with Gasteiger partial charge in [-0.05, 0) is 37.1 Å². The Labute approximate surface area is 180 Å². The van der Waals surface area contributed by atoms with Crippen molar-refractivity contribution in [3.63, 3.8) is 0 Å². The van der Waals surface area contributed by atoms with E-state index in [2.05, 4.69) is 10.6 Å². The largest absolute Gasteiger partial charge is 0.454 e. The van der Waals surface area contributed by atoms with Crippen LogP contribution in [-0.2, 0) is 14.4 Å². The lowest BCUT2D eigenvalue weighted by molar-refractivity contribution is -0.135. The highest BCUT2D eigenvalue weighted by molar-refractivity contribution is 6.44. The topological polar surface area (TPSA) is 97.0 Å². The second-order valence-corrected chi connectivity index (χ2v) is 7.65. The predicted octanol–water partition coefficient (Wildman–Crippen LogP) is 2.84. The van der Waals surface area contributed by atoms with Gasteiger partial charge in [-0.1, -0.05) is 37.5 Å². The van der Waals surface area contributed by atoms with Gasteiger partial charge in [-0.3, -0.25) is 19.3 Å². The average Bonchev–Trinajstić information content (AvgIpc) is 3.26. The average molecular weight is 423 g/mol. The molecule has 0 saturated heterocycles. The van der Waals surface area contributed by atoms with Gasteiger partial charge in [0.25, 0.3) is 0 Å². The zero-order chi connectivity index (χ0) is 21.6. The van der Waals surface area contributed by atoms with E-state index in [9.17, 15) is 14.4 Å². The lowest BCUT2D eigenvalue weighted by atomic mass is 9.95. The lowest BCUT2D eigenvalue weighted by Gasteiger charge is -2.26. The van der Waals surface area contributed by atoms with Crippen molar-refractivity contribution in [1.82, 2.24) is 5.32 Å². The molecular weight excluding hydrogens is 398 g/mol. The standard InChI is InChI=1S/C23H25N3O5/c27-21(24-16-7-3-1-4-8-16)14-26(18-9-5-2-6-10-18)23(29)22(28)25-17-11-12-19-20(13-17)31-15-30-19/h2,5-6,9-13,16H,1,3-4,7-8,14-15H2,(H,24,27)(H,25,28). The molecule has 0 spiro atoms. The fourth-order valence-electron chi connectivity index (χ4n) is 3.83. The van der Waals surface area contributed by atoms with E-state index < -0.39 is 11.8 Å². The third-order valence-electron chi connectivity index (χ3n) is 5.41. The lowest BCUT2D eigenvalue weighted by Crippen LogP contribution is -2.47. The first-order chi connectivity index (χ1) is 15.1. The van der Waals surface area contributed by atoms with Crippen LogP contribution < -0.4 is 25.0 Å². The van der Waals surface area contributed by atoms with Gasteiger partial charge in [0.15, 0.2) is 11.5 Å². The zero-order valence-electron chi connectivity index (χ0n) is 17.1. The smallest absolute Gasteiger partial charge is 0.317 e. The summed E-state index contributed by atoms with van der Waals surface area (Å²) in [7, 11) is 0. The Kier molecular flexibility index (Phi) is 6.35. The molecule has 31 heavy (non-hydrogen) atoms. The number of nitrogens with one attached hydrogen (secondary N) is 2. The van der Waals surface area contributed by atoms with Crippen molar-refractivity contribution in [1.29, 1.82) is 0 Å². The SMILES string of the molecule is O=C(CN(C(=O)C(=O)Nc1ccc2c(c1)OCO2)c1ccccc1)NC1CCCCC1. The molecule has 2 aromatic carbocycles. The van der Waals surface area contributed by atoms with Gasteiger partial charge in [-0.25, -0.2) is 0 Å². The second-order valence-electron chi connectivity index (χ2n) is 7.65. The number of benzene rings is 2. The summed E-state index contributed by atoms with van der Waals surface area (Å²) in [5.41, 5.74) is 0.884. The molecule has 3 amide bonds. The van der Waals surface area contributed by atoms with E-state index >= 15 is 0 Å². The predicted molar refractivity (Wildman–Crippen MR) is 115 cm³/mol. The number of rotatable bonds is 5. The van der Waals surface area contributed by atoms with Crippen molar-refractivity contribution in [2.24, 2.45) is 0 Å². The van der Waals surface area contributed by atoms with Crippen LogP contribution in [0, 0.1) is 0 Å². The van der Waals surface area contributed by atoms with Crippen LogP contribution in [0.25, 0.3) is 0 Å². The number of nitrogens with zero attached hydrogens (tertiary/aromatic N) is 1. The van der Waals surface area contributed by atoms with Gasteiger partial charge in [0, 0.05) is 23.5 Å². The Balaban J connectivity index is 1.45. The van der Waals surface area contributed by atoms with Gasteiger partial charge in [-0.15, -0.1) is 0 Å². The van der Waals surface area contributed by atoms with Gasteiger partial charge >= 0.3 is 11.8 Å². The third-order valence-corrected chi connectivity index (χ3v) is 5.41. The van der Waals surface area contributed by atoms with Crippen LogP contribution >= 0.6 is 0 Å². The molecule has 162 valence electrons. The van der Waals surface area contributed by atoms with Crippen molar-refractivity contribution in [3.05, 3.63) is 48.5 Å². The molecule has 1 aliphatic carbocycles. The second kappa shape index (κ2) is 9.51. The quantitative estimate of drug-likeness (QED) is 0.721. The van der Waals surface area contributed by atoms with Crippen LogP contribution in [0.3, 0.4) is 0 Å². The maximum atomic E-state index is 13.0. The molecule has 2 aromatic rings. The molecule has 8 nitrogen and oxygen atoms in total. The number of carbonyl (C=O) groups is 3. The Hall–Kier alpha value is -3.55. The molecule has 8 heteroatoms. The van der Waals surface area contributed by atoms with Crippen LogP contribution in [0.5, 0.6) is 11.5 Å².